The Labute approximate surface area is 100 Å². The van der Waals surface area contributed by atoms with Gasteiger partial charge >= 0.3 is 0 Å². The first-order valence-corrected chi connectivity index (χ1v) is 5.99. The molecule has 1 aliphatic heterocycles. The molecule has 0 saturated heterocycles. The SMILES string of the molecule is C1=Cc2cccc3c2C(C1)Oc1ccccc1-3. The van der Waals surface area contributed by atoms with E-state index in [4.69, 9.17) is 4.74 Å². The molecule has 1 nitrogen and oxygen atoms in total. The smallest absolute Gasteiger partial charge is 0.128 e. The van der Waals surface area contributed by atoms with E-state index >= 15 is 0 Å². The summed E-state index contributed by atoms with van der Waals surface area (Å²) in [7, 11) is 0. The van der Waals surface area contributed by atoms with Crippen LogP contribution >= 0.6 is 0 Å². The quantitative estimate of drug-likeness (QED) is 0.646. The molecular formula is C16H12O. The second kappa shape index (κ2) is 3.24. The maximum Gasteiger partial charge on any atom is 0.128 e. The predicted octanol–water partition coefficient (Wildman–Crippen LogP) is 4.20. The Morgan fingerprint density at radius 1 is 0.941 bits per heavy atom. The molecule has 0 radical (unpaired) electrons. The summed E-state index contributed by atoms with van der Waals surface area (Å²) in [5, 5.41) is 0. The zero-order valence-electron chi connectivity index (χ0n) is 9.39. The second-order valence-corrected chi connectivity index (χ2v) is 4.55. The first-order chi connectivity index (χ1) is 8.43. The van der Waals surface area contributed by atoms with E-state index < -0.39 is 0 Å². The molecule has 0 aromatic heterocycles. The minimum Gasteiger partial charge on any atom is -0.485 e. The van der Waals surface area contributed by atoms with E-state index in [0.29, 0.717) is 0 Å². The molecule has 0 N–H and O–H groups in total. The Morgan fingerprint density at radius 2 is 1.82 bits per heavy atom. The first kappa shape index (κ1) is 9.06. The number of hydrogen-bond donors (Lipinski definition) is 0. The molecule has 2 aromatic rings. The Balaban J connectivity index is 2.07. The van der Waals surface area contributed by atoms with Crippen molar-refractivity contribution in [3.8, 4) is 16.9 Å². The highest BCUT2D eigenvalue weighted by Crippen LogP contribution is 2.46. The monoisotopic (exact) mass is 220 g/mol. The topological polar surface area (TPSA) is 9.23 Å². The molecule has 0 bridgehead atoms. The maximum absolute atomic E-state index is 6.09. The van der Waals surface area contributed by atoms with Crippen molar-refractivity contribution < 1.29 is 4.74 Å². The van der Waals surface area contributed by atoms with Gasteiger partial charge in [0, 0.05) is 17.5 Å². The molecule has 1 atom stereocenters. The fraction of sp³-hybridized carbons (Fsp3) is 0.125. The van der Waals surface area contributed by atoms with Crippen LogP contribution in [0, 0.1) is 0 Å². The summed E-state index contributed by atoms with van der Waals surface area (Å²) in [4.78, 5) is 0. The summed E-state index contributed by atoms with van der Waals surface area (Å²) in [6.45, 7) is 0. The van der Waals surface area contributed by atoms with Crippen molar-refractivity contribution in [3.63, 3.8) is 0 Å². The molecule has 0 spiro atoms. The molecule has 1 heterocycles. The molecule has 1 aliphatic carbocycles. The summed E-state index contributed by atoms with van der Waals surface area (Å²) in [5.74, 6) is 1.01. The predicted molar refractivity (Wildman–Crippen MR) is 68.9 cm³/mol. The average molecular weight is 220 g/mol. The van der Waals surface area contributed by atoms with Crippen molar-refractivity contribution in [2.24, 2.45) is 0 Å². The molecule has 0 amide bonds. The van der Waals surface area contributed by atoms with E-state index in [0.717, 1.165) is 12.2 Å². The first-order valence-electron chi connectivity index (χ1n) is 5.99. The highest BCUT2D eigenvalue weighted by Gasteiger charge is 2.28. The lowest BCUT2D eigenvalue weighted by molar-refractivity contribution is 0.204. The van der Waals surface area contributed by atoms with Crippen LogP contribution in [0.15, 0.2) is 48.5 Å². The van der Waals surface area contributed by atoms with Crippen LogP contribution in [-0.4, -0.2) is 0 Å². The van der Waals surface area contributed by atoms with Gasteiger partial charge < -0.3 is 4.74 Å². The summed E-state index contributed by atoms with van der Waals surface area (Å²) in [6.07, 6.45) is 5.57. The zero-order valence-corrected chi connectivity index (χ0v) is 9.39. The van der Waals surface area contributed by atoms with Gasteiger partial charge in [-0.15, -0.1) is 0 Å². The normalized spacial score (nSPS) is 19.2. The second-order valence-electron chi connectivity index (χ2n) is 4.55. The fourth-order valence-electron chi connectivity index (χ4n) is 2.81. The van der Waals surface area contributed by atoms with Crippen molar-refractivity contribution in [1.29, 1.82) is 0 Å². The van der Waals surface area contributed by atoms with E-state index in [1.165, 1.54) is 22.3 Å². The lowest BCUT2D eigenvalue weighted by Gasteiger charge is -2.31. The fourth-order valence-corrected chi connectivity index (χ4v) is 2.81. The van der Waals surface area contributed by atoms with Gasteiger partial charge in [-0.2, -0.15) is 0 Å². The van der Waals surface area contributed by atoms with Crippen LogP contribution in [0.3, 0.4) is 0 Å². The molecule has 1 unspecified atom stereocenters. The van der Waals surface area contributed by atoms with Crippen molar-refractivity contribution >= 4 is 6.08 Å². The van der Waals surface area contributed by atoms with Crippen molar-refractivity contribution in [2.75, 3.05) is 0 Å². The molecule has 2 aromatic carbocycles. The summed E-state index contributed by atoms with van der Waals surface area (Å²) in [5.41, 5.74) is 5.21. The standard InChI is InChI=1S/C16H12O/c1-2-9-14-12(7-1)13-8-3-5-11-6-4-10-15(17-14)16(11)13/h1-9,15H,10H2. The van der Waals surface area contributed by atoms with Crippen LogP contribution in [0.2, 0.25) is 0 Å². The van der Waals surface area contributed by atoms with Crippen LogP contribution in [-0.2, 0) is 0 Å². The lowest BCUT2D eigenvalue weighted by Crippen LogP contribution is -2.16. The van der Waals surface area contributed by atoms with Gasteiger partial charge in [0.2, 0.25) is 0 Å². The Bertz CT molecular complexity index is 625. The van der Waals surface area contributed by atoms with E-state index in [1.807, 2.05) is 6.07 Å². The number of benzene rings is 2. The van der Waals surface area contributed by atoms with Gasteiger partial charge in [-0.05, 0) is 17.2 Å². The molecule has 4 rings (SSSR count). The molecule has 0 fully saturated rings. The molecule has 82 valence electrons. The van der Waals surface area contributed by atoms with Crippen molar-refractivity contribution in [2.45, 2.75) is 12.5 Å². The Hall–Kier alpha value is -2.02. The van der Waals surface area contributed by atoms with Gasteiger partial charge in [0.25, 0.3) is 0 Å². The zero-order chi connectivity index (χ0) is 11.2. The molecular weight excluding hydrogens is 208 g/mol. The van der Waals surface area contributed by atoms with Crippen molar-refractivity contribution in [3.05, 3.63) is 59.7 Å². The third kappa shape index (κ3) is 1.19. The molecule has 17 heavy (non-hydrogen) atoms. The number of rotatable bonds is 0. The van der Waals surface area contributed by atoms with Gasteiger partial charge in [-0.3, -0.25) is 0 Å². The van der Waals surface area contributed by atoms with Crippen LogP contribution in [0.1, 0.15) is 23.7 Å². The summed E-state index contributed by atoms with van der Waals surface area (Å²) >= 11 is 0. The van der Waals surface area contributed by atoms with Crippen molar-refractivity contribution in [1.82, 2.24) is 0 Å². The van der Waals surface area contributed by atoms with Gasteiger partial charge in [-0.1, -0.05) is 48.6 Å². The largest absolute Gasteiger partial charge is 0.485 e. The van der Waals surface area contributed by atoms with Crippen LogP contribution in [0.25, 0.3) is 17.2 Å². The van der Waals surface area contributed by atoms with E-state index in [1.54, 1.807) is 0 Å². The number of hydrogen-bond acceptors (Lipinski definition) is 1. The third-order valence-corrected chi connectivity index (χ3v) is 3.56. The molecule has 1 heteroatoms. The van der Waals surface area contributed by atoms with Crippen LogP contribution in [0.5, 0.6) is 5.75 Å². The van der Waals surface area contributed by atoms with E-state index in [2.05, 4.69) is 48.6 Å². The highest BCUT2D eigenvalue weighted by molar-refractivity contribution is 5.80. The van der Waals surface area contributed by atoms with Gasteiger partial charge in [0.1, 0.15) is 11.9 Å². The highest BCUT2D eigenvalue weighted by atomic mass is 16.5. The van der Waals surface area contributed by atoms with Crippen LogP contribution in [0.4, 0.5) is 0 Å². The number of para-hydroxylation sites is 1. The Morgan fingerprint density at radius 3 is 2.82 bits per heavy atom. The number of ether oxygens (including phenoxy) is 1. The van der Waals surface area contributed by atoms with Gasteiger partial charge in [0.15, 0.2) is 0 Å². The van der Waals surface area contributed by atoms with Crippen LogP contribution < -0.4 is 4.74 Å². The number of fused-ring (bicyclic) bond motifs is 2. The van der Waals surface area contributed by atoms with E-state index in [9.17, 15) is 0 Å². The summed E-state index contributed by atoms with van der Waals surface area (Å²) < 4.78 is 6.09. The minimum absolute atomic E-state index is 0.195. The lowest BCUT2D eigenvalue weighted by atomic mass is 9.85. The molecule has 2 aliphatic rings. The third-order valence-electron chi connectivity index (χ3n) is 3.56. The molecule has 0 saturated carbocycles. The van der Waals surface area contributed by atoms with E-state index in [-0.39, 0.29) is 6.10 Å². The van der Waals surface area contributed by atoms with Gasteiger partial charge in [0.05, 0.1) is 0 Å². The summed E-state index contributed by atoms with van der Waals surface area (Å²) in [6, 6.07) is 14.8. The minimum atomic E-state index is 0.195. The van der Waals surface area contributed by atoms with Gasteiger partial charge in [-0.25, -0.2) is 0 Å². The average Bonchev–Trinajstić information content (AvgIpc) is 2.39. The Kier molecular flexibility index (Phi) is 1.72. The maximum atomic E-state index is 6.09.